The second-order valence-corrected chi connectivity index (χ2v) is 8.11. The Morgan fingerprint density at radius 3 is 2.46 bits per heavy atom. The van der Waals surface area contributed by atoms with E-state index >= 15 is 0 Å². The molecule has 0 spiro atoms. The molecular formula is C21H20FN3O2S. The summed E-state index contributed by atoms with van der Waals surface area (Å²) in [6.07, 6.45) is 0. The molecule has 0 bridgehead atoms. The fourth-order valence-electron chi connectivity index (χ4n) is 3.32. The number of anilines is 1. The summed E-state index contributed by atoms with van der Waals surface area (Å²) < 4.78 is 20.4. The number of methoxy groups -OCH3 is 1. The average molecular weight is 397 g/mol. The summed E-state index contributed by atoms with van der Waals surface area (Å²) in [5.41, 5.74) is 3.52. The van der Waals surface area contributed by atoms with E-state index in [1.54, 1.807) is 23.9 Å². The SMILES string of the molecule is COc1ccc(-n2nc(C)c3c2NC(=O)[C@H](C)S[C@H]3c2ccc(F)cc2)cc1. The standard InChI is InChI=1S/C21H20FN3O2S/c1-12-18-19(14-4-6-15(22)7-5-14)28-13(2)21(26)23-20(18)25(24-12)16-8-10-17(27-3)11-9-16/h4-11,13,19H,1-3H3,(H,23,26)/t13-,19-/m0/s1. The lowest BCUT2D eigenvalue weighted by atomic mass is 10.0. The summed E-state index contributed by atoms with van der Waals surface area (Å²) >= 11 is 1.54. The van der Waals surface area contributed by atoms with E-state index in [1.807, 2.05) is 38.1 Å². The average Bonchev–Trinajstić information content (AvgIpc) is 2.95. The van der Waals surface area contributed by atoms with Gasteiger partial charge >= 0.3 is 0 Å². The number of ether oxygens (including phenoxy) is 1. The molecule has 2 atom stereocenters. The second-order valence-electron chi connectivity index (χ2n) is 6.66. The van der Waals surface area contributed by atoms with Crippen LogP contribution in [0.3, 0.4) is 0 Å². The van der Waals surface area contributed by atoms with Crippen molar-refractivity contribution in [3.63, 3.8) is 0 Å². The van der Waals surface area contributed by atoms with Crippen LogP contribution in [0.5, 0.6) is 5.75 Å². The molecule has 144 valence electrons. The lowest BCUT2D eigenvalue weighted by molar-refractivity contribution is -0.115. The molecular weight excluding hydrogens is 377 g/mol. The van der Waals surface area contributed by atoms with Gasteiger partial charge < -0.3 is 10.1 Å². The highest BCUT2D eigenvalue weighted by Gasteiger charge is 2.34. The summed E-state index contributed by atoms with van der Waals surface area (Å²) in [5.74, 6) is 1.04. The van der Waals surface area contributed by atoms with Crippen LogP contribution in [0.15, 0.2) is 48.5 Å². The zero-order valence-electron chi connectivity index (χ0n) is 15.8. The van der Waals surface area contributed by atoms with E-state index < -0.39 is 0 Å². The number of nitrogens with one attached hydrogen (secondary N) is 1. The van der Waals surface area contributed by atoms with Crippen molar-refractivity contribution >= 4 is 23.5 Å². The van der Waals surface area contributed by atoms with Crippen LogP contribution in [0.2, 0.25) is 0 Å². The predicted octanol–water partition coefficient (Wildman–Crippen LogP) is 4.49. The fourth-order valence-corrected chi connectivity index (χ4v) is 4.64. The zero-order valence-corrected chi connectivity index (χ0v) is 16.6. The molecule has 2 heterocycles. The van der Waals surface area contributed by atoms with Crippen LogP contribution in [0, 0.1) is 12.7 Å². The molecule has 3 aromatic rings. The predicted molar refractivity (Wildman–Crippen MR) is 109 cm³/mol. The van der Waals surface area contributed by atoms with E-state index in [-0.39, 0.29) is 22.2 Å². The Hall–Kier alpha value is -2.80. The van der Waals surface area contributed by atoms with E-state index in [0.717, 1.165) is 28.3 Å². The molecule has 4 rings (SSSR count). The van der Waals surface area contributed by atoms with Crippen LogP contribution < -0.4 is 10.1 Å². The molecule has 1 aliphatic heterocycles. The number of rotatable bonds is 3. The van der Waals surface area contributed by atoms with Gasteiger partial charge in [0.2, 0.25) is 5.91 Å². The van der Waals surface area contributed by atoms with Gasteiger partial charge in [0.1, 0.15) is 17.4 Å². The molecule has 0 radical (unpaired) electrons. The van der Waals surface area contributed by atoms with Crippen molar-refractivity contribution in [1.29, 1.82) is 0 Å². The van der Waals surface area contributed by atoms with Crippen molar-refractivity contribution in [3.8, 4) is 11.4 Å². The lowest BCUT2D eigenvalue weighted by Crippen LogP contribution is -2.22. The van der Waals surface area contributed by atoms with Crippen LogP contribution in [-0.2, 0) is 4.79 Å². The number of carbonyl (C=O) groups excluding carboxylic acids is 1. The van der Waals surface area contributed by atoms with Crippen LogP contribution >= 0.6 is 11.8 Å². The first-order valence-electron chi connectivity index (χ1n) is 8.93. The molecule has 1 aromatic heterocycles. The van der Waals surface area contributed by atoms with Gasteiger partial charge in [-0.25, -0.2) is 9.07 Å². The molecule has 5 nitrogen and oxygen atoms in total. The van der Waals surface area contributed by atoms with Gasteiger partial charge in [0.15, 0.2) is 0 Å². The Morgan fingerprint density at radius 2 is 1.82 bits per heavy atom. The van der Waals surface area contributed by atoms with E-state index in [4.69, 9.17) is 4.74 Å². The number of hydrogen-bond acceptors (Lipinski definition) is 4. The topological polar surface area (TPSA) is 56.1 Å². The van der Waals surface area contributed by atoms with Gasteiger partial charge in [0.25, 0.3) is 0 Å². The number of amides is 1. The van der Waals surface area contributed by atoms with Gasteiger partial charge in [-0.15, -0.1) is 11.8 Å². The summed E-state index contributed by atoms with van der Waals surface area (Å²) in [7, 11) is 1.62. The Balaban J connectivity index is 1.87. The highest BCUT2D eigenvalue weighted by Crippen LogP contribution is 2.46. The maximum Gasteiger partial charge on any atom is 0.238 e. The first-order chi connectivity index (χ1) is 13.5. The minimum Gasteiger partial charge on any atom is -0.497 e. The number of halogens is 1. The Morgan fingerprint density at radius 1 is 1.14 bits per heavy atom. The minimum absolute atomic E-state index is 0.0782. The molecule has 7 heteroatoms. The van der Waals surface area contributed by atoms with Crippen LogP contribution in [0.4, 0.5) is 10.2 Å². The first-order valence-corrected chi connectivity index (χ1v) is 9.88. The summed E-state index contributed by atoms with van der Waals surface area (Å²) in [6, 6.07) is 13.9. The van der Waals surface area contributed by atoms with Crippen molar-refractivity contribution in [1.82, 2.24) is 9.78 Å². The smallest absolute Gasteiger partial charge is 0.238 e. The third-order valence-corrected chi connectivity index (χ3v) is 6.21. The van der Waals surface area contributed by atoms with Crippen molar-refractivity contribution in [3.05, 3.63) is 71.2 Å². The van der Waals surface area contributed by atoms with Crippen LogP contribution in [0.25, 0.3) is 5.69 Å². The number of hydrogen-bond donors (Lipinski definition) is 1. The number of fused-ring (bicyclic) bond motifs is 1. The molecule has 0 aliphatic carbocycles. The van der Waals surface area contributed by atoms with Crippen LogP contribution in [-0.4, -0.2) is 28.0 Å². The third-order valence-electron chi connectivity index (χ3n) is 4.81. The van der Waals surface area contributed by atoms with Gasteiger partial charge in [-0.2, -0.15) is 5.10 Å². The molecule has 0 saturated carbocycles. The monoisotopic (exact) mass is 397 g/mol. The second kappa shape index (κ2) is 7.31. The Kier molecular flexibility index (Phi) is 4.85. The molecule has 28 heavy (non-hydrogen) atoms. The van der Waals surface area contributed by atoms with E-state index in [2.05, 4.69) is 10.4 Å². The van der Waals surface area contributed by atoms with E-state index in [1.165, 1.54) is 23.9 Å². The summed E-state index contributed by atoms with van der Waals surface area (Å²) in [6.45, 7) is 3.81. The molecule has 0 saturated heterocycles. The Bertz CT molecular complexity index is 1020. The summed E-state index contributed by atoms with van der Waals surface area (Å²) in [5, 5.41) is 7.33. The van der Waals surface area contributed by atoms with Gasteiger partial charge in [-0.1, -0.05) is 12.1 Å². The quantitative estimate of drug-likeness (QED) is 0.707. The van der Waals surface area contributed by atoms with Gasteiger partial charge in [0.05, 0.1) is 29.0 Å². The normalized spacial score (nSPS) is 18.9. The number of benzene rings is 2. The highest BCUT2D eigenvalue weighted by atomic mass is 32.2. The van der Waals surface area contributed by atoms with E-state index in [9.17, 15) is 9.18 Å². The number of aryl methyl sites for hydroxylation is 1. The molecule has 1 N–H and O–H groups in total. The highest BCUT2D eigenvalue weighted by molar-refractivity contribution is 8.01. The lowest BCUT2D eigenvalue weighted by Gasteiger charge is -2.17. The van der Waals surface area contributed by atoms with E-state index in [0.29, 0.717) is 5.82 Å². The number of nitrogens with zero attached hydrogens (tertiary/aromatic N) is 2. The number of aromatic nitrogens is 2. The number of thioether (sulfide) groups is 1. The fraction of sp³-hybridized carbons (Fsp3) is 0.238. The molecule has 0 unspecified atom stereocenters. The van der Waals surface area contributed by atoms with Crippen molar-refractivity contribution in [2.75, 3.05) is 12.4 Å². The molecule has 1 amide bonds. The first kappa shape index (κ1) is 18.6. The largest absolute Gasteiger partial charge is 0.497 e. The van der Waals surface area contributed by atoms with Crippen molar-refractivity contribution < 1.29 is 13.9 Å². The zero-order chi connectivity index (χ0) is 19.8. The molecule has 2 aromatic carbocycles. The summed E-state index contributed by atoms with van der Waals surface area (Å²) in [4.78, 5) is 12.6. The number of carbonyl (C=O) groups is 1. The Labute approximate surface area is 166 Å². The van der Waals surface area contributed by atoms with Gasteiger partial charge in [0, 0.05) is 5.56 Å². The van der Waals surface area contributed by atoms with Gasteiger partial charge in [-0.3, -0.25) is 4.79 Å². The molecule has 0 fully saturated rings. The minimum atomic E-state index is -0.282. The maximum atomic E-state index is 13.4. The van der Waals surface area contributed by atoms with Crippen molar-refractivity contribution in [2.45, 2.75) is 24.3 Å². The van der Waals surface area contributed by atoms with Crippen LogP contribution in [0.1, 0.15) is 29.0 Å². The maximum absolute atomic E-state index is 13.4. The van der Waals surface area contributed by atoms with Crippen molar-refractivity contribution in [2.24, 2.45) is 0 Å². The molecule has 1 aliphatic rings. The third kappa shape index (κ3) is 3.26. The van der Waals surface area contributed by atoms with Gasteiger partial charge in [-0.05, 0) is 55.8 Å².